The average Bonchev–Trinajstić information content (AvgIpc) is 2.95. The molecule has 23 heavy (non-hydrogen) atoms. The van der Waals surface area contributed by atoms with Crippen molar-refractivity contribution >= 4 is 0 Å². The van der Waals surface area contributed by atoms with Crippen molar-refractivity contribution in [2.45, 2.75) is 13.1 Å². The van der Waals surface area contributed by atoms with Crippen LogP contribution in [-0.4, -0.2) is 9.78 Å². The Labute approximate surface area is 130 Å². The molecular formula is C17H13F3N2O. The third kappa shape index (κ3) is 3.53. The lowest BCUT2D eigenvalue weighted by Crippen LogP contribution is -2.03. The summed E-state index contributed by atoms with van der Waals surface area (Å²) in [7, 11) is 0. The minimum atomic E-state index is -4.35. The molecule has 6 heteroatoms. The third-order valence-electron chi connectivity index (χ3n) is 3.24. The van der Waals surface area contributed by atoms with Gasteiger partial charge in [0.2, 0.25) is 0 Å². The van der Waals surface area contributed by atoms with Crippen LogP contribution in [0, 0.1) is 6.92 Å². The second kappa shape index (κ2) is 5.79. The van der Waals surface area contributed by atoms with Gasteiger partial charge < -0.3 is 4.74 Å². The van der Waals surface area contributed by atoms with E-state index in [1.165, 1.54) is 18.3 Å². The summed E-state index contributed by atoms with van der Waals surface area (Å²) in [5.41, 5.74) is 1.27. The maximum absolute atomic E-state index is 12.5. The quantitative estimate of drug-likeness (QED) is 0.680. The van der Waals surface area contributed by atoms with E-state index in [1.807, 2.05) is 31.2 Å². The van der Waals surface area contributed by atoms with Crippen LogP contribution in [0.1, 0.15) is 11.1 Å². The second-order valence-corrected chi connectivity index (χ2v) is 5.08. The molecule has 0 saturated heterocycles. The Morgan fingerprint density at radius 3 is 2.39 bits per heavy atom. The highest BCUT2D eigenvalue weighted by Gasteiger charge is 2.30. The first-order chi connectivity index (χ1) is 10.9. The predicted molar refractivity (Wildman–Crippen MR) is 79.8 cm³/mol. The molecule has 0 saturated carbocycles. The van der Waals surface area contributed by atoms with Gasteiger partial charge in [-0.05, 0) is 48.9 Å². The fourth-order valence-electron chi connectivity index (χ4n) is 2.12. The SMILES string of the molecule is Cc1cccc(-n2cc(Oc3ccc(C(F)(F)F)cc3)cn2)c1. The van der Waals surface area contributed by atoms with Gasteiger partial charge in [0.25, 0.3) is 0 Å². The zero-order valence-corrected chi connectivity index (χ0v) is 12.2. The molecule has 0 radical (unpaired) electrons. The van der Waals surface area contributed by atoms with Gasteiger partial charge >= 0.3 is 6.18 Å². The molecule has 118 valence electrons. The highest BCUT2D eigenvalue weighted by atomic mass is 19.4. The van der Waals surface area contributed by atoms with Gasteiger partial charge in [-0.3, -0.25) is 0 Å². The van der Waals surface area contributed by atoms with E-state index in [9.17, 15) is 13.2 Å². The average molecular weight is 318 g/mol. The van der Waals surface area contributed by atoms with Crippen LogP contribution in [-0.2, 0) is 6.18 Å². The Balaban J connectivity index is 1.77. The van der Waals surface area contributed by atoms with E-state index in [2.05, 4.69) is 5.10 Å². The Morgan fingerprint density at radius 1 is 1.00 bits per heavy atom. The summed E-state index contributed by atoms with van der Waals surface area (Å²) in [6.45, 7) is 1.98. The van der Waals surface area contributed by atoms with Crippen molar-refractivity contribution in [3.05, 3.63) is 72.1 Å². The lowest BCUT2D eigenvalue weighted by molar-refractivity contribution is -0.137. The van der Waals surface area contributed by atoms with Gasteiger partial charge in [-0.25, -0.2) is 4.68 Å². The van der Waals surface area contributed by atoms with Crippen molar-refractivity contribution < 1.29 is 17.9 Å². The third-order valence-corrected chi connectivity index (χ3v) is 3.24. The molecule has 1 heterocycles. The zero-order valence-electron chi connectivity index (χ0n) is 12.2. The van der Waals surface area contributed by atoms with Crippen molar-refractivity contribution in [3.8, 4) is 17.2 Å². The number of benzene rings is 2. The summed E-state index contributed by atoms with van der Waals surface area (Å²) in [4.78, 5) is 0. The Bertz CT molecular complexity index is 807. The van der Waals surface area contributed by atoms with Gasteiger partial charge in [-0.15, -0.1) is 0 Å². The van der Waals surface area contributed by atoms with Crippen LogP contribution < -0.4 is 4.74 Å². The standard InChI is InChI=1S/C17H13F3N2O/c1-12-3-2-4-14(9-12)22-11-16(10-21-22)23-15-7-5-13(6-8-15)17(18,19)20/h2-11H,1H3. The van der Waals surface area contributed by atoms with Crippen LogP contribution in [0.5, 0.6) is 11.5 Å². The van der Waals surface area contributed by atoms with E-state index < -0.39 is 11.7 Å². The van der Waals surface area contributed by atoms with Crippen LogP contribution in [0.2, 0.25) is 0 Å². The van der Waals surface area contributed by atoms with Gasteiger partial charge in [0, 0.05) is 0 Å². The monoisotopic (exact) mass is 318 g/mol. The van der Waals surface area contributed by atoms with Crippen LogP contribution in [0.15, 0.2) is 60.9 Å². The molecule has 0 aliphatic carbocycles. The molecule has 0 aliphatic heterocycles. The first kappa shape index (κ1) is 15.1. The Kier molecular flexibility index (Phi) is 3.82. The van der Waals surface area contributed by atoms with E-state index in [-0.39, 0.29) is 0 Å². The van der Waals surface area contributed by atoms with Crippen LogP contribution in [0.25, 0.3) is 5.69 Å². The van der Waals surface area contributed by atoms with Crippen molar-refractivity contribution in [2.24, 2.45) is 0 Å². The van der Waals surface area contributed by atoms with Gasteiger partial charge in [-0.2, -0.15) is 18.3 Å². The fourth-order valence-corrected chi connectivity index (χ4v) is 2.12. The molecule has 0 bridgehead atoms. The van der Waals surface area contributed by atoms with Crippen LogP contribution in [0.3, 0.4) is 0 Å². The lowest BCUT2D eigenvalue weighted by atomic mass is 10.2. The number of aromatic nitrogens is 2. The highest BCUT2D eigenvalue weighted by molar-refractivity contribution is 5.37. The normalized spacial score (nSPS) is 11.5. The summed E-state index contributed by atoms with van der Waals surface area (Å²) < 4.78 is 44.7. The topological polar surface area (TPSA) is 27.1 Å². The molecular weight excluding hydrogens is 305 g/mol. The maximum Gasteiger partial charge on any atom is 0.416 e. The fraction of sp³-hybridized carbons (Fsp3) is 0.118. The number of ether oxygens (including phenoxy) is 1. The summed E-state index contributed by atoms with van der Waals surface area (Å²) >= 11 is 0. The van der Waals surface area contributed by atoms with E-state index in [0.29, 0.717) is 11.5 Å². The minimum absolute atomic E-state index is 0.321. The first-order valence-corrected chi connectivity index (χ1v) is 6.89. The number of aryl methyl sites for hydroxylation is 1. The first-order valence-electron chi connectivity index (χ1n) is 6.89. The van der Waals surface area contributed by atoms with Crippen molar-refractivity contribution in [1.82, 2.24) is 9.78 Å². The molecule has 0 fully saturated rings. The van der Waals surface area contributed by atoms with Gasteiger partial charge in [-0.1, -0.05) is 12.1 Å². The largest absolute Gasteiger partial charge is 0.454 e. The summed E-state index contributed by atoms with van der Waals surface area (Å²) in [5, 5.41) is 4.19. The Morgan fingerprint density at radius 2 is 1.74 bits per heavy atom. The van der Waals surface area contributed by atoms with E-state index >= 15 is 0 Å². The molecule has 0 unspecified atom stereocenters. The summed E-state index contributed by atoms with van der Waals surface area (Å²) in [6.07, 6.45) is -1.17. The van der Waals surface area contributed by atoms with Crippen LogP contribution >= 0.6 is 0 Å². The molecule has 0 N–H and O–H groups in total. The van der Waals surface area contributed by atoms with Crippen molar-refractivity contribution in [2.75, 3.05) is 0 Å². The molecule has 3 rings (SSSR count). The van der Waals surface area contributed by atoms with Gasteiger partial charge in [0.1, 0.15) is 5.75 Å². The number of nitrogens with zero attached hydrogens (tertiary/aromatic N) is 2. The summed E-state index contributed by atoms with van der Waals surface area (Å²) in [5.74, 6) is 0.771. The minimum Gasteiger partial charge on any atom is -0.454 e. The van der Waals surface area contributed by atoms with Crippen molar-refractivity contribution in [1.29, 1.82) is 0 Å². The lowest BCUT2D eigenvalue weighted by Gasteiger charge is -2.07. The number of halogens is 3. The zero-order chi connectivity index (χ0) is 16.4. The molecule has 0 amide bonds. The molecule has 0 aliphatic rings. The number of rotatable bonds is 3. The van der Waals surface area contributed by atoms with Crippen molar-refractivity contribution in [3.63, 3.8) is 0 Å². The number of alkyl halides is 3. The molecule has 2 aromatic carbocycles. The molecule has 3 aromatic rings. The highest BCUT2D eigenvalue weighted by Crippen LogP contribution is 2.31. The number of hydrogen-bond acceptors (Lipinski definition) is 2. The molecule has 1 aromatic heterocycles. The van der Waals surface area contributed by atoms with Gasteiger partial charge in [0.05, 0.1) is 23.6 Å². The van der Waals surface area contributed by atoms with E-state index in [0.717, 1.165) is 23.4 Å². The molecule has 0 atom stereocenters. The van der Waals surface area contributed by atoms with Gasteiger partial charge in [0.15, 0.2) is 5.75 Å². The number of hydrogen-bond donors (Lipinski definition) is 0. The second-order valence-electron chi connectivity index (χ2n) is 5.08. The Hall–Kier alpha value is -2.76. The molecule has 0 spiro atoms. The maximum atomic E-state index is 12.5. The predicted octanol–water partition coefficient (Wildman–Crippen LogP) is 4.99. The van der Waals surface area contributed by atoms with E-state index in [4.69, 9.17) is 4.74 Å². The summed E-state index contributed by atoms with van der Waals surface area (Å²) in [6, 6.07) is 12.3. The smallest absolute Gasteiger partial charge is 0.416 e. The van der Waals surface area contributed by atoms with E-state index in [1.54, 1.807) is 10.9 Å². The van der Waals surface area contributed by atoms with Crippen LogP contribution in [0.4, 0.5) is 13.2 Å². The molecule has 3 nitrogen and oxygen atoms in total.